The summed E-state index contributed by atoms with van der Waals surface area (Å²) >= 11 is 0. The molecule has 0 aromatic heterocycles. The molecule has 160 valence electrons. The molecule has 3 aromatic carbocycles. The number of primary amides is 1. The van der Waals surface area contributed by atoms with E-state index in [9.17, 15) is 22.4 Å². The molecule has 31 heavy (non-hydrogen) atoms. The molecule has 0 radical (unpaired) electrons. The highest BCUT2D eigenvalue weighted by Crippen LogP contribution is 2.24. The molecule has 0 unspecified atom stereocenters. The zero-order valence-corrected chi connectivity index (χ0v) is 17.4. The number of sulfonamides is 1. The third-order valence-electron chi connectivity index (χ3n) is 4.46. The van der Waals surface area contributed by atoms with Crippen LogP contribution < -0.4 is 15.4 Å². The summed E-state index contributed by atoms with van der Waals surface area (Å²) in [5, 5.41) is 2.58. The first-order chi connectivity index (χ1) is 14.7. The summed E-state index contributed by atoms with van der Waals surface area (Å²) in [6, 6.07) is 16.9. The Morgan fingerprint density at radius 3 is 2.06 bits per heavy atom. The number of amides is 2. The first-order valence-corrected chi connectivity index (χ1v) is 10.7. The maximum Gasteiger partial charge on any atom is 0.264 e. The second-order valence-electron chi connectivity index (χ2n) is 6.79. The second kappa shape index (κ2) is 8.97. The number of rotatable bonds is 7. The van der Waals surface area contributed by atoms with Crippen molar-refractivity contribution in [3.8, 4) is 0 Å². The van der Waals surface area contributed by atoms with E-state index in [-0.39, 0.29) is 16.1 Å². The van der Waals surface area contributed by atoms with E-state index in [1.54, 1.807) is 12.1 Å². The Labute approximate surface area is 179 Å². The van der Waals surface area contributed by atoms with Crippen LogP contribution in [0.5, 0.6) is 0 Å². The predicted molar refractivity (Wildman–Crippen MR) is 116 cm³/mol. The molecule has 0 aliphatic heterocycles. The number of nitrogens with two attached hydrogens (primary N) is 1. The molecule has 0 saturated heterocycles. The number of benzene rings is 3. The fourth-order valence-corrected chi connectivity index (χ4v) is 4.23. The van der Waals surface area contributed by atoms with E-state index in [1.165, 1.54) is 48.5 Å². The molecular formula is C22H20FN3O4S. The number of hydrogen-bond donors (Lipinski definition) is 2. The van der Waals surface area contributed by atoms with E-state index >= 15 is 0 Å². The summed E-state index contributed by atoms with van der Waals surface area (Å²) in [5.74, 6) is -1.76. The molecule has 2 amide bonds. The molecular weight excluding hydrogens is 421 g/mol. The fourth-order valence-electron chi connectivity index (χ4n) is 2.81. The van der Waals surface area contributed by atoms with Crippen LogP contribution >= 0.6 is 0 Å². The monoisotopic (exact) mass is 441 g/mol. The number of nitrogens with zero attached hydrogens (tertiary/aromatic N) is 1. The number of carbonyl (C=O) groups is 2. The minimum atomic E-state index is -4.10. The van der Waals surface area contributed by atoms with Crippen molar-refractivity contribution < 1.29 is 22.4 Å². The van der Waals surface area contributed by atoms with E-state index in [2.05, 4.69) is 5.32 Å². The van der Waals surface area contributed by atoms with Crippen molar-refractivity contribution in [2.75, 3.05) is 16.2 Å². The largest absolute Gasteiger partial charge is 0.366 e. The number of hydrogen-bond acceptors (Lipinski definition) is 4. The van der Waals surface area contributed by atoms with Gasteiger partial charge in [0.1, 0.15) is 12.4 Å². The third-order valence-corrected chi connectivity index (χ3v) is 6.25. The Balaban J connectivity index is 1.89. The quantitative estimate of drug-likeness (QED) is 0.587. The molecule has 3 N–H and O–H groups in total. The number of halogens is 1. The van der Waals surface area contributed by atoms with Gasteiger partial charge in [0.15, 0.2) is 0 Å². The van der Waals surface area contributed by atoms with Crippen LogP contribution in [-0.2, 0) is 14.8 Å². The van der Waals surface area contributed by atoms with Crippen LogP contribution in [0.4, 0.5) is 15.8 Å². The maximum absolute atomic E-state index is 13.4. The molecule has 0 spiro atoms. The van der Waals surface area contributed by atoms with Gasteiger partial charge in [-0.3, -0.25) is 13.9 Å². The average molecular weight is 441 g/mol. The molecule has 3 aromatic rings. The van der Waals surface area contributed by atoms with Crippen LogP contribution in [0.1, 0.15) is 15.9 Å². The highest BCUT2D eigenvalue weighted by Gasteiger charge is 2.27. The highest BCUT2D eigenvalue weighted by molar-refractivity contribution is 7.92. The van der Waals surface area contributed by atoms with Gasteiger partial charge in [0, 0.05) is 11.3 Å². The fraction of sp³-hybridized carbons (Fsp3) is 0.0909. The first-order valence-electron chi connectivity index (χ1n) is 9.21. The Kier molecular flexibility index (Phi) is 6.36. The van der Waals surface area contributed by atoms with Gasteiger partial charge in [-0.25, -0.2) is 12.8 Å². The number of anilines is 2. The van der Waals surface area contributed by atoms with Crippen LogP contribution in [0.3, 0.4) is 0 Å². The minimum Gasteiger partial charge on any atom is -0.366 e. The highest BCUT2D eigenvalue weighted by atomic mass is 32.2. The molecule has 0 bridgehead atoms. The lowest BCUT2D eigenvalue weighted by atomic mass is 10.2. The molecule has 7 nitrogen and oxygen atoms in total. The molecule has 0 aliphatic rings. The van der Waals surface area contributed by atoms with Gasteiger partial charge >= 0.3 is 0 Å². The maximum atomic E-state index is 13.4. The van der Waals surface area contributed by atoms with E-state index in [1.807, 2.05) is 6.92 Å². The zero-order chi connectivity index (χ0) is 22.6. The van der Waals surface area contributed by atoms with Crippen molar-refractivity contribution in [3.63, 3.8) is 0 Å². The molecule has 9 heteroatoms. The smallest absolute Gasteiger partial charge is 0.264 e. The topological polar surface area (TPSA) is 110 Å². The van der Waals surface area contributed by atoms with Crippen molar-refractivity contribution in [1.82, 2.24) is 0 Å². The number of carbonyl (C=O) groups excluding carboxylic acids is 2. The molecule has 0 fully saturated rings. The van der Waals surface area contributed by atoms with E-state index in [4.69, 9.17) is 5.73 Å². The standard InChI is InChI=1S/C22H20FN3O4S/c1-15-2-12-20(13-3-15)31(29,30)26(19-10-6-17(23)7-11-19)14-21(27)25-18-8-4-16(5-9-18)22(24)28/h2-13H,14H2,1H3,(H2,24,28)(H,25,27). The lowest BCUT2D eigenvalue weighted by molar-refractivity contribution is -0.114. The van der Waals surface area contributed by atoms with Gasteiger partial charge in [-0.15, -0.1) is 0 Å². The summed E-state index contributed by atoms with van der Waals surface area (Å²) in [7, 11) is -4.10. The van der Waals surface area contributed by atoms with Gasteiger partial charge < -0.3 is 11.1 Å². The van der Waals surface area contributed by atoms with Gasteiger partial charge in [-0.1, -0.05) is 17.7 Å². The number of aryl methyl sites for hydroxylation is 1. The summed E-state index contributed by atoms with van der Waals surface area (Å²) in [4.78, 5) is 23.8. The van der Waals surface area contributed by atoms with E-state index < -0.39 is 34.2 Å². The van der Waals surface area contributed by atoms with Crippen molar-refractivity contribution in [3.05, 3.63) is 89.7 Å². The van der Waals surface area contributed by atoms with Crippen LogP contribution in [0, 0.1) is 12.7 Å². The Morgan fingerprint density at radius 2 is 1.52 bits per heavy atom. The van der Waals surface area contributed by atoms with Gasteiger partial charge in [-0.05, 0) is 67.6 Å². The van der Waals surface area contributed by atoms with Crippen LogP contribution in [0.25, 0.3) is 0 Å². The molecule has 0 atom stereocenters. The van der Waals surface area contributed by atoms with Crippen LogP contribution in [-0.4, -0.2) is 26.8 Å². The van der Waals surface area contributed by atoms with Crippen LogP contribution in [0.15, 0.2) is 77.7 Å². The lowest BCUT2D eigenvalue weighted by Gasteiger charge is -2.24. The van der Waals surface area contributed by atoms with Crippen molar-refractivity contribution >= 4 is 33.2 Å². The van der Waals surface area contributed by atoms with E-state index in [0.29, 0.717) is 5.69 Å². The first kappa shape index (κ1) is 22.0. The SMILES string of the molecule is Cc1ccc(S(=O)(=O)N(CC(=O)Nc2ccc(C(N)=O)cc2)c2ccc(F)cc2)cc1. The van der Waals surface area contributed by atoms with Gasteiger partial charge in [0.25, 0.3) is 10.0 Å². The summed E-state index contributed by atoms with van der Waals surface area (Å²) in [6.07, 6.45) is 0. The number of nitrogens with one attached hydrogen (secondary N) is 1. The van der Waals surface area contributed by atoms with Gasteiger partial charge in [0.05, 0.1) is 10.6 Å². The molecule has 3 rings (SSSR count). The zero-order valence-electron chi connectivity index (χ0n) is 16.6. The van der Waals surface area contributed by atoms with Crippen molar-refractivity contribution in [1.29, 1.82) is 0 Å². The summed E-state index contributed by atoms with van der Waals surface area (Å²) in [6.45, 7) is 1.28. The van der Waals surface area contributed by atoms with Gasteiger partial charge in [0.2, 0.25) is 11.8 Å². The molecule has 0 saturated carbocycles. The molecule has 0 aliphatic carbocycles. The lowest BCUT2D eigenvalue weighted by Crippen LogP contribution is -2.38. The second-order valence-corrected chi connectivity index (χ2v) is 8.65. The van der Waals surface area contributed by atoms with Crippen molar-refractivity contribution in [2.45, 2.75) is 11.8 Å². The molecule has 0 heterocycles. The Morgan fingerprint density at radius 1 is 0.935 bits per heavy atom. The van der Waals surface area contributed by atoms with Crippen molar-refractivity contribution in [2.24, 2.45) is 5.73 Å². The van der Waals surface area contributed by atoms with Gasteiger partial charge in [-0.2, -0.15) is 0 Å². The van der Waals surface area contributed by atoms with E-state index in [0.717, 1.165) is 22.0 Å². The normalized spacial score (nSPS) is 11.0. The predicted octanol–water partition coefficient (Wildman–Crippen LogP) is 3.07. The minimum absolute atomic E-state index is 0.000959. The average Bonchev–Trinajstić information content (AvgIpc) is 2.73. The third kappa shape index (κ3) is 5.26. The Bertz CT molecular complexity index is 1190. The Hall–Kier alpha value is -3.72. The summed E-state index contributed by atoms with van der Waals surface area (Å²) in [5.41, 5.74) is 6.85. The summed E-state index contributed by atoms with van der Waals surface area (Å²) < 4.78 is 40.8. The van der Waals surface area contributed by atoms with Crippen LogP contribution in [0.2, 0.25) is 0 Å².